The number of aromatic amines is 1. The fourth-order valence-corrected chi connectivity index (χ4v) is 4.99. The minimum Gasteiger partial charge on any atom is -0.410 e. The number of carbonyl (C=O) groups is 1. The number of benzene rings is 2. The highest BCUT2D eigenvalue weighted by molar-refractivity contribution is 5.84. The molecule has 0 bridgehead atoms. The summed E-state index contributed by atoms with van der Waals surface area (Å²) in [5.41, 5.74) is 0.912. The first-order valence-electron chi connectivity index (χ1n) is 10.1. The number of non-ortho nitro benzene ring substituents is 1. The van der Waals surface area contributed by atoms with Crippen LogP contribution in [0.25, 0.3) is 10.8 Å². The number of nitro groups is 1. The van der Waals surface area contributed by atoms with Crippen molar-refractivity contribution in [3.8, 4) is 5.75 Å². The zero-order valence-electron chi connectivity index (χ0n) is 16.5. The van der Waals surface area contributed by atoms with Gasteiger partial charge in [-0.3, -0.25) is 14.9 Å². The standard InChI is InChI=1S/C22H20N4O5/c27-20-18-4-2-1-3-17(18)19(24-25-20)13-9-22(10-13)11-14(12-22)23-21(28)31-16-7-5-15(6-8-16)26(29)30/h1-8,13-14H,9-12H2,(H,23,28)(H,25,27)/t13-,14-,22?. The molecule has 9 nitrogen and oxygen atoms in total. The van der Waals surface area contributed by atoms with Gasteiger partial charge in [-0.25, -0.2) is 9.89 Å². The minimum atomic E-state index is -0.558. The maximum Gasteiger partial charge on any atom is 0.412 e. The highest BCUT2D eigenvalue weighted by Gasteiger charge is 2.54. The van der Waals surface area contributed by atoms with Gasteiger partial charge in [0, 0.05) is 29.5 Å². The van der Waals surface area contributed by atoms with Crippen LogP contribution in [0.3, 0.4) is 0 Å². The molecule has 1 spiro atoms. The van der Waals surface area contributed by atoms with Gasteiger partial charge in [0.1, 0.15) is 5.75 Å². The summed E-state index contributed by atoms with van der Waals surface area (Å²) in [5, 5.41) is 22.0. The zero-order valence-corrected chi connectivity index (χ0v) is 16.5. The molecule has 158 valence electrons. The number of aromatic nitrogens is 2. The van der Waals surface area contributed by atoms with Gasteiger partial charge in [-0.15, -0.1) is 0 Å². The molecule has 0 unspecified atom stereocenters. The van der Waals surface area contributed by atoms with E-state index < -0.39 is 11.0 Å². The lowest BCUT2D eigenvalue weighted by Crippen LogP contribution is -2.56. The average molecular weight is 420 g/mol. The molecule has 0 aliphatic heterocycles. The topological polar surface area (TPSA) is 127 Å². The highest BCUT2D eigenvalue weighted by Crippen LogP contribution is 2.62. The lowest BCUT2D eigenvalue weighted by atomic mass is 9.49. The summed E-state index contributed by atoms with van der Waals surface area (Å²) in [7, 11) is 0. The molecule has 31 heavy (non-hydrogen) atoms. The third-order valence-corrected chi connectivity index (χ3v) is 6.41. The van der Waals surface area contributed by atoms with Crippen LogP contribution in [0.15, 0.2) is 53.3 Å². The normalized spacial score (nSPS) is 24.3. The Labute approximate surface area is 176 Å². The number of nitro benzene ring substituents is 1. The predicted molar refractivity (Wildman–Crippen MR) is 112 cm³/mol. The third-order valence-electron chi connectivity index (χ3n) is 6.41. The Kier molecular flexibility index (Phi) is 4.46. The molecule has 2 saturated carbocycles. The van der Waals surface area contributed by atoms with Crippen molar-refractivity contribution in [2.24, 2.45) is 5.41 Å². The summed E-state index contributed by atoms with van der Waals surface area (Å²) >= 11 is 0. The number of nitrogens with one attached hydrogen (secondary N) is 2. The fraction of sp³-hybridized carbons (Fsp3) is 0.318. The van der Waals surface area contributed by atoms with E-state index in [9.17, 15) is 19.7 Å². The minimum absolute atomic E-state index is 0.0479. The van der Waals surface area contributed by atoms with Gasteiger partial charge in [-0.2, -0.15) is 5.10 Å². The number of ether oxygens (including phenoxy) is 1. The van der Waals surface area contributed by atoms with Crippen molar-refractivity contribution in [2.45, 2.75) is 37.6 Å². The summed E-state index contributed by atoms with van der Waals surface area (Å²) in [6, 6.07) is 13.0. The second-order valence-corrected chi connectivity index (χ2v) is 8.48. The van der Waals surface area contributed by atoms with E-state index in [0.717, 1.165) is 36.8 Å². The van der Waals surface area contributed by atoms with E-state index in [2.05, 4.69) is 15.5 Å². The van der Waals surface area contributed by atoms with Crippen molar-refractivity contribution in [3.05, 3.63) is 74.7 Å². The Morgan fingerprint density at radius 1 is 1.10 bits per heavy atom. The van der Waals surface area contributed by atoms with Crippen molar-refractivity contribution >= 4 is 22.6 Å². The van der Waals surface area contributed by atoms with Gasteiger partial charge in [0.25, 0.3) is 11.2 Å². The van der Waals surface area contributed by atoms with E-state index in [1.807, 2.05) is 24.3 Å². The largest absolute Gasteiger partial charge is 0.412 e. The number of amides is 1. The lowest BCUT2D eigenvalue weighted by molar-refractivity contribution is -0.384. The summed E-state index contributed by atoms with van der Waals surface area (Å²) in [6.45, 7) is 0. The highest BCUT2D eigenvalue weighted by atomic mass is 16.6. The van der Waals surface area contributed by atoms with Crippen LogP contribution in [0.1, 0.15) is 37.3 Å². The number of carbonyl (C=O) groups excluding carboxylic acids is 1. The van der Waals surface area contributed by atoms with Crippen molar-refractivity contribution in [1.82, 2.24) is 15.5 Å². The molecule has 2 N–H and O–H groups in total. The molecule has 1 aromatic heterocycles. The molecule has 9 heteroatoms. The van der Waals surface area contributed by atoms with Crippen molar-refractivity contribution in [1.29, 1.82) is 0 Å². The van der Waals surface area contributed by atoms with Gasteiger partial charge in [0.2, 0.25) is 0 Å². The Hall–Kier alpha value is -3.75. The van der Waals surface area contributed by atoms with Crippen LogP contribution >= 0.6 is 0 Å². The van der Waals surface area contributed by atoms with Crippen LogP contribution in [-0.4, -0.2) is 27.3 Å². The molecule has 2 aromatic carbocycles. The van der Waals surface area contributed by atoms with Crippen LogP contribution in [0.5, 0.6) is 5.75 Å². The van der Waals surface area contributed by atoms with Crippen LogP contribution in [0, 0.1) is 15.5 Å². The number of fused-ring (bicyclic) bond motifs is 1. The second-order valence-electron chi connectivity index (χ2n) is 8.48. The van der Waals surface area contributed by atoms with Crippen molar-refractivity contribution in [3.63, 3.8) is 0 Å². The van der Waals surface area contributed by atoms with Gasteiger partial charge in [-0.05, 0) is 49.3 Å². The first-order chi connectivity index (χ1) is 14.9. The number of nitrogens with zero attached hydrogens (tertiary/aromatic N) is 2. The van der Waals surface area contributed by atoms with Gasteiger partial charge < -0.3 is 10.1 Å². The van der Waals surface area contributed by atoms with E-state index in [4.69, 9.17) is 4.74 Å². The first kappa shape index (κ1) is 19.2. The van der Waals surface area contributed by atoms with Crippen molar-refractivity contribution in [2.75, 3.05) is 0 Å². The van der Waals surface area contributed by atoms with E-state index in [1.54, 1.807) is 0 Å². The van der Waals surface area contributed by atoms with Gasteiger partial charge >= 0.3 is 6.09 Å². The molecule has 5 rings (SSSR count). The molecule has 2 aliphatic carbocycles. The molecule has 2 fully saturated rings. The molecule has 3 aromatic rings. The SMILES string of the molecule is O=C(N[C@H]1CC2(C1)C[C@H](c1n[nH]c(=O)c3ccccc31)C2)Oc1ccc([N+](=O)[O-])cc1. The number of rotatable bonds is 4. The number of hydrogen-bond acceptors (Lipinski definition) is 6. The molecule has 1 heterocycles. The second kappa shape index (κ2) is 7.19. The summed E-state index contributed by atoms with van der Waals surface area (Å²) in [6.07, 6.45) is 3.15. The van der Waals surface area contributed by atoms with Crippen LogP contribution in [0.4, 0.5) is 10.5 Å². The van der Waals surface area contributed by atoms with Crippen molar-refractivity contribution < 1.29 is 14.5 Å². The predicted octanol–water partition coefficient (Wildman–Crippen LogP) is 3.65. The molecular formula is C22H20N4O5. The first-order valence-corrected chi connectivity index (χ1v) is 10.1. The summed E-state index contributed by atoms with van der Waals surface area (Å²) in [4.78, 5) is 34.3. The molecule has 0 radical (unpaired) electrons. The number of hydrogen-bond donors (Lipinski definition) is 2. The molecular weight excluding hydrogens is 400 g/mol. The van der Waals surface area contributed by atoms with E-state index >= 15 is 0 Å². The van der Waals surface area contributed by atoms with Crippen LogP contribution in [0.2, 0.25) is 0 Å². The van der Waals surface area contributed by atoms with Gasteiger partial charge in [0.15, 0.2) is 0 Å². The molecule has 2 aliphatic rings. The Morgan fingerprint density at radius 3 is 2.45 bits per heavy atom. The molecule has 0 saturated heterocycles. The van der Waals surface area contributed by atoms with Crippen LogP contribution in [-0.2, 0) is 0 Å². The van der Waals surface area contributed by atoms with Gasteiger partial charge in [-0.1, -0.05) is 18.2 Å². The maximum atomic E-state index is 12.1. The summed E-state index contributed by atoms with van der Waals surface area (Å²) in [5.74, 6) is 0.562. The zero-order chi connectivity index (χ0) is 21.6. The average Bonchev–Trinajstić information content (AvgIpc) is 2.70. The quantitative estimate of drug-likeness (QED) is 0.490. The fourth-order valence-electron chi connectivity index (χ4n) is 4.99. The summed E-state index contributed by atoms with van der Waals surface area (Å²) < 4.78 is 5.21. The van der Waals surface area contributed by atoms with E-state index in [0.29, 0.717) is 11.3 Å². The maximum absolute atomic E-state index is 12.1. The monoisotopic (exact) mass is 420 g/mol. The third kappa shape index (κ3) is 3.52. The smallest absolute Gasteiger partial charge is 0.410 e. The van der Waals surface area contributed by atoms with Gasteiger partial charge in [0.05, 0.1) is 16.0 Å². The lowest BCUT2D eigenvalue weighted by Gasteiger charge is -2.57. The van der Waals surface area contributed by atoms with E-state index in [-0.39, 0.29) is 28.5 Å². The Bertz CT molecular complexity index is 1220. The van der Waals surface area contributed by atoms with Crippen LogP contribution < -0.4 is 15.6 Å². The Morgan fingerprint density at radius 2 is 1.77 bits per heavy atom. The molecule has 0 atom stereocenters. The molecule has 1 amide bonds. The Balaban J connectivity index is 1.15. The van der Waals surface area contributed by atoms with E-state index in [1.165, 1.54) is 24.3 Å². The number of H-pyrrole nitrogens is 1.